The van der Waals surface area contributed by atoms with E-state index in [1.165, 1.54) is 12.8 Å². The molecule has 2 heterocycles. The Bertz CT molecular complexity index is 410. The monoisotopic (exact) mass is 290 g/mol. The van der Waals surface area contributed by atoms with Crippen molar-refractivity contribution in [3.63, 3.8) is 0 Å². The van der Waals surface area contributed by atoms with Crippen LogP contribution in [0.15, 0.2) is 0 Å². The van der Waals surface area contributed by atoms with Crippen LogP contribution in [0.3, 0.4) is 0 Å². The third-order valence-electron chi connectivity index (χ3n) is 5.38. The summed E-state index contributed by atoms with van der Waals surface area (Å²) in [6.45, 7) is 4.67. The van der Waals surface area contributed by atoms with Gasteiger partial charge in [-0.3, -0.25) is 9.69 Å². The summed E-state index contributed by atoms with van der Waals surface area (Å²) in [5.74, 6) is 1.45. The molecular weight excluding hydrogens is 264 g/mol. The van der Waals surface area contributed by atoms with Gasteiger partial charge in [-0.15, -0.1) is 0 Å². The Hall–Kier alpha value is -1.12. The SMILES string of the molecule is N#CC1(NC(=O)CN2C[C@H]3CNC[C@H]3C2)CCCCCC1. The third-order valence-corrected chi connectivity index (χ3v) is 5.38. The van der Waals surface area contributed by atoms with Gasteiger partial charge in [-0.25, -0.2) is 0 Å². The van der Waals surface area contributed by atoms with Gasteiger partial charge < -0.3 is 10.6 Å². The highest BCUT2D eigenvalue weighted by atomic mass is 16.2. The average Bonchev–Trinajstić information content (AvgIpc) is 2.94. The molecule has 5 heteroatoms. The quantitative estimate of drug-likeness (QED) is 0.757. The van der Waals surface area contributed by atoms with Crippen LogP contribution >= 0.6 is 0 Å². The van der Waals surface area contributed by atoms with Crippen molar-refractivity contribution in [2.24, 2.45) is 11.8 Å². The first-order chi connectivity index (χ1) is 10.2. The summed E-state index contributed by atoms with van der Waals surface area (Å²) in [6.07, 6.45) is 6.08. The van der Waals surface area contributed by atoms with Gasteiger partial charge in [0.1, 0.15) is 5.54 Å². The van der Waals surface area contributed by atoms with E-state index >= 15 is 0 Å². The van der Waals surface area contributed by atoms with Crippen LogP contribution in [-0.2, 0) is 4.79 Å². The van der Waals surface area contributed by atoms with Crippen molar-refractivity contribution in [2.75, 3.05) is 32.7 Å². The molecule has 3 rings (SSSR count). The fourth-order valence-electron chi connectivity index (χ4n) is 4.19. The zero-order valence-electron chi connectivity index (χ0n) is 12.7. The fraction of sp³-hybridized carbons (Fsp3) is 0.875. The molecule has 0 aromatic heterocycles. The van der Waals surface area contributed by atoms with Gasteiger partial charge in [0.15, 0.2) is 0 Å². The summed E-state index contributed by atoms with van der Waals surface area (Å²) in [5, 5.41) is 16.0. The lowest BCUT2D eigenvalue weighted by atomic mass is 9.92. The second-order valence-corrected chi connectivity index (χ2v) is 7.03. The summed E-state index contributed by atoms with van der Waals surface area (Å²) in [4.78, 5) is 14.6. The number of hydrogen-bond acceptors (Lipinski definition) is 4. The summed E-state index contributed by atoms with van der Waals surface area (Å²) in [7, 11) is 0. The fourth-order valence-corrected chi connectivity index (χ4v) is 4.19. The van der Waals surface area contributed by atoms with Crippen molar-refractivity contribution < 1.29 is 4.79 Å². The van der Waals surface area contributed by atoms with Crippen LogP contribution < -0.4 is 10.6 Å². The first kappa shape index (κ1) is 14.8. The second-order valence-electron chi connectivity index (χ2n) is 7.03. The molecule has 1 aliphatic carbocycles. The number of carbonyl (C=O) groups excluding carboxylic acids is 1. The Morgan fingerprint density at radius 2 is 1.81 bits per heavy atom. The van der Waals surface area contributed by atoms with Crippen LogP contribution in [0.5, 0.6) is 0 Å². The van der Waals surface area contributed by atoms with Crippen LogP contribution in [0.4, 0.5) is 0 Å². The van der Waals surface area contributed by atoms with E-state index in [1.54, 1.807) is 0 Å². The molecule has 0 aromatic rings. The molecule has 2 N–H and O–H groups in total. The molecule has 5 nitrogen and oxygen atoms in total. The van der Waals surface area contributed by atoms with E-state index in [4.69, 9.17) is 0 Å². The zero-order valence-corrected chi connectivity index (χ0v) is 12.7. The minimum atomic E-state index is -0.606. The average molecular weight is 290 g/mol. The highest BCUT2D eigenvalue weighted by molar-refractivity contribution is 5.79. The van der Waals surface area contributed by atoms with Gasteiger partial charge >= 0.3 is 0 Å². The van der Waals surface area contributed by atoms with Crippen molar-refractivity contribution in [3.05, 3.63) is 0 Å². The number of rotatable bonds is 3. The molecule has 116 valence electrons. The molecule has 21 heavy (non-hydrogen) atoms. The summed E-state index contributed by atoms with van der Waals surface area (Å²) < 4.78 is 0. The normalized spacial score (nSPS) is 32.1. The maximum atomic E-state index is 12.3. The topological polar surface area (TPSA) is 68.2 Å². The van der Waals surface area contributed by atoms with E-state index in [-0.39, 0.29) is 5.91 Å². The largest absolute Gasteiger partial charge is 0.337 e. The minimum absolute atomic E-state index is 0.0337. The van der Waals surface area contributed by atoms with E-state index in [0.717, 1.165) is 51.9 Å². The lowest BCUT2D eigenvalue weighted by molar-refractivity contribution is -0.123. The first-order valence-corrected chi connectivity index (χ1v) is 8.36. The molecule has 0 spiro atoms. The Morgan fingerprint density at radius 3 is 2.38 bits per heavy atom. The van der Waals surface area contributed by atoms with E-state index in [1.807, 2.05) is 0 Å². The smallest absolute Gasteiger partial charge is 0.235 e. The van der Waals surface area contributed by atoms with E-state index in [9.17, 15) is 10.1 Å². The molecule has 2 aliphatic heterocycles. The van der Waals surface area contributed by atoms with E-state index in [0.29, 0.717) is 18.4 Å². The molecule has 0 aromatic carbocycles. The van der Waals surface area contributed by atoms with Gasteiger partial charge in [0.25, 0.3) is 0 Å². The number of likely N-dealkylation sites (tertiary alicyclic amines) is 1. The Kier molecular flexibility index (Phi) is 4.46. The molecular formula is C16H26N4O. The van der Waals surface area contributed by atoms with Crippen molar-refractivity contribution in [3.8, 4) is 6.07 Å². The number of hydrogen-bond donors (Lipinski definition) is 2. The van der Waals surface area contributed by atoms with Gasteiger partial charge in [-0.05, 0) is 37.8 Å². The molecule has 0 bridgehead atoms. The van der Waals surface area contributed by atoms with Crippen LogP contribution in [0.25, 0.3) is 0 Å². The number of carbonyl (C=O) groups is 1. The molecule has 1 saturated carbocycles. The highest BCUT2D eigenvalue weighted by Crippen LogP contribution is 2.28. The first-order valence-electron chi connectivity index (χ1n) is 8.36. The molecule has 0 radical (unpaired) electrons. The Morgan fingerprint density at radius 1 is 1.19 bits per heavy atom. The van der Waals surface area contributed by atoms with Crippen molar-refractivity contribution in [1.82, 2.24) is 15.5 Å². The third kappa shape index (κ3) is 3.38. The molecule has 3 fully saturated rings. The number of nitriles is 1. The van der Waals surface area contributed by atoms with Crippen LogP contribution in [0, 0.1) is 23.2 Å². The van der Waals surface area contributed by atoms with E-state index < -0.39 is 5.54 Å². The number of nitrogens with zero attached hydrogens (tertiary/aromatic N) is 2. The second kappa shape index (κ2) is 6.33. The standard InChI is InChI=1S/C16H26N4O/c17-12-16(5-3-1-2-4-6-16)19-15(21)11-20-9-13-7-18-8-14(13)10-20/h13-14,18H,1-11H2,(H,19,21)/t13-,14+. The number of nitrogens with one attached hydrogen (secondary N) is 2. The van der Waals surface area contributed by atoms with Gasteiger partial charge in [0.2, 0.25) is 5.91 Å². The predicted molar refractivity (Wildman–Crippen MR) is 80.5 cm³/mol. The number of amides is 1. The van der Waals surface area contributed by atoms with Gasteiger partial charge in [-0.1, -0.05) is 25.7 Å². The molecule has 1 amide bonds. The summed E-state index contributed by atoms with van der Waals surface area (Å²) in [5.41, 5.74) is -0.606. The molecule has 3 aliphatic rings. The van der Waals surface area contributed by atoms with Gasteiger partial charge in [0, 0.05) is 13.1 Å². The van der Waals surface area contributed by atoms with Crippen LogP contribution in [0.2, 0.25) is 0 Å². The zero-order chi connectivity index (χ0) is 14.7. The van der Waals surface area contributed by atoms with Gasteiger partial charge in [0.05, 0.1) is 12.6 Å². The predicted octanol–water partition coefficient (Wildman–Crippen LogP) is 0.870. The summed E-state index contributed by atoms with van der Waals surface area (Å²) >= 11 is 0. The maximum Gasteiger partial charge on any atom is 0.235 e. The molecule has 2 atom stereocenters. The number of fused-ring (bicyclic) bond motifs is 1. The van der Waals surface area contributed by atoms with E-state index in [2.05, 4.69) is 21.6 Å². The minimum Gasteiger partial charge on any atom is -0.337 e. The van der Waals surface area contributed by atoms with Gasteiger partial charge in [-0.2, -0.15) is 5.26 Å². The highest BCUT2D eigenvalue weighted by Gasteiger charge is 2.38. The Labute approximate surface area is 127 Å². The Balaban J connectivity index is 1.52. The molecule has 2 saturated heterocycles. The van der Waals surface area contributed by atoms with Crippen molar-refractivity contribution in [2.45, 2.75) is 44.1 Å². The maximum absolute atomic E-state index is 12.3. The van der Waals surface area contributed by atoms with Crippen LogP contribution in [0.1, 0.15) is 38.5 Å². The van der Waals surface area contributed by atoms with Crippen LogP contribution in [-0.4, -0.2) is 49.1 Å². The molecule has 0 unspecified atom stereocenters. The lowest BCUT2D eigenvalue weighted by Gasteiger charge is -2.27. The lowest BCUT2D eigenvalue weighted by Crippen LogP contribution is -2.50. The van der Waals surface area contributed by atoms with Crippen molar-refractivity contribution >= 4 is 5.91 Å². The van der Waals surface area contributed by atoms with Crippen molar-refractivity contribution in [1.29, 1.82) is 5.26 Å². The summed E-state index contributed by atoms with van der Waals surface area (Å²) in [6, 6.07) is 2.39.